The highest BCUT2D eigenvalue weighted by atomic mass is 32.1. The lowest BCUT2D eigenvalue weighted by Crippen LogP contribution is -2.31. The van der Waals surface area contributed by atoms with Gasteiger partial charge in [0.05, 0.1) is 0 Å². The summed E-state index contributed by atoms with van der Waals surface area (Å²) in [6.07, 6.45) is 5.39. The molecule has 3 aromatic carbocycles. The largest absolute Gasteiger partial charge is 0.489 e. The molecule has 2 nitrogen and oxygen atoms in total. The lowest BCUT2D eigenvalue weighted by molar-refractivity contribution is 0.426. The van der Waals surface area contributed by atoms with Crippen molar-refractivity contribution in [2.24, 2.45) is 5.92 Å². The Bertz CT molecular complexity index is 1240. The van der Waals surface area contributed by atoms with E-state index in [0.29, 0.717) is 11.4 Å². The third-order valence-corrected chi connectivity index (χ3v) is 6.91. The second kappa shape index (κ2) is 6.59. The van der Waals surface area contributed by atoms with Crippen LogP contribution in [0.25, 0.3) is 37.4 Å². The highest BCUT2D eigenvalue weighted by molar-refractivity contribution is 7.27. The van der Waals surface area contributed by atoms with Crippen molar-refractivity contribution in [3.05, 3.63) is 71.3 Å². The van der Waals surface area contributed by atoms with E-state index >= 15 is 0 Å². The van der Waals surface area contributed by atoms with Crippen LogP contribution in [-0.4, -0.2) is 17.2 Å². The third-order valence-electron chi connectivity index (χ3n) is 5.69. The van der Waals surface area contributed by atoms with Crippen molar-refractivity contribution < 1.29 is 10.0 Å². The van der Waals surface area contributed by atoms with Gasteiger partial charge in [0.15, 0.2) is 0 Å². The molecule has 0 spiro atoms. The van der Waals surface area contributed by atoms with Crippen LogP contribution < -0.4 is 5.46 Å². The van der Waals surface area contributed by atoms with E-state index in [9.17, 15) is 10.0 Å². The number of hydrogen-bond donors (Lipinski definition) is 2. The molecular formula is C24H21BO2S. The summed E-state index contributed by atoms with van der Waals surface area (Å²) >= 11 is 1.64. The molecular weight excluding hydrogens is 363 g/mol. The fourth-order valence-electron chi connectivity index (χ4n) is 4.21. The first-order chi connectivity index (χ1) is 13.5. The van der Waals surface area contributed by atoms with E-state index in [2.05, 4.69) is 68.5 Å². The van der Waals surface area contributed by atoms with Crippen LogP contribution in [0.1, 0.15) is 23.6 Å². The molecule has 1 aromatic heterocycles. The van der Waals surface area contributed by atoms with Crippen LogP contribution in [0.15, 0.2) is 54.6 Å². The Morgan fingerprint density at radius 2 is 1.75 bits per heavy atom. The van der Waals surface area contributed by atoms with Crippen molar-refractivity contribution in [3.8, 4) is 11.1 Å². The monoisotopic (exact) mass is 384 g/mol. The Hall–Kier alpha value is -2.40. The van der Waals surface area contributed by atoms with Gasteiger partial charge >= 0.3 is 7.12 Å². The highest BCUT2D eigenvalue weighted by Crippen LogP contribution is 2.40. The molecule has 1 aliphatic rings. The van der Waals surface area contributed by atoms with Crippen molar-refractivity contribution >= 4 is 50.2 Å². The number of fused-ring (bicyclic) bond motifs is 5. The van der Waals surface area contributed by atoms with Crippen LogP contribution in [0.3, 0.4) is 0 Å². The van der Waals surface area contributed by atoms with Gasteiger partial charge in [-0.2, -0.15) is 0 Å². The molecule has 0 fully saturated rings. The van der Waals surface area contributed by atoms with E-state index in [1.807, 2.05) is 6.07 Å². The van der Waals surface area contributed by atoms with Gasteiger partial charge in [0.25, 0.3) is 0 Å². The quantitative estimate of drug-likeness (QED) is 0.482. The standard InChI is InChI=1S/C24H21BO2S/c1-14-3-6-16(7-4-14)17-8-10-22-20(12-17)23-19-9-5-15(2)11-18(19)13-21(25(26)27)24(23)28-22/h3-10,12-13,15,26-27H,11H2,1-2H3. The Morgan fingerprint density at radius 3 is 2.50 bits per heavy atom. The number of benzene rings is 3. The molecule has 2 N–H and O–H groups in total. The number of rotatable bonds is 2. The van der Waals surface area contributed by atoms with E-state index in [0.717, 1.165) is 16.5 Å². The number of hydrogen-bond acceptors (Lipinski definition) is 3. The Kier molecular flexibility index (Phi) is 4.16. The third kappa shape index (κ3) is 2.80. The maximum absolute atomic E-state index is 10.0. The van der Waals surface area contributed by atoms with Gasteiger partial charge in [-0.15, -0.1) is 11.3 Å². The summed E-state index contributed by atoms with van der Waals surface area (Å²) in [7, 11) is -1.46. The van der Waals surface area contributed by atoms with Crippen molar-refractivity contribution in [1.29, 1.82) is 0 Å². The molecule has 4 heteroatoms. The van der Waals surface area contributed by atoms with Crippen molar-refractivity contribution in [3.63, 3.8) is 0 Å². The van der Waals surface area contributed by atoms with E-state index in [1.54, 1.807) is 11.3 Å². The fraction of sp³-hybridized carbons (Fsp3) is 0.167. The minimum absolute atomic E-state index is 0.460. The maximum Gasteiger partial charge on any atom is 0.489 e. The zero-order valence-corrected chi connectivity index (χ0v) is 16.8. The van der Waals surface area contributed by atoms with Crippen molar-refractivity contribution in [1.82, 2.24) is 0 Å². The molecule has 1 aliphatic carbocycles. The molecule has 1 unspecified atom stereocenters. The van der Waals surface area contributed by atoms with Crippen LogP contribution in [-0.2, 0) is 6.42 Å². The predicted octanol–water partition coefficient (Wildman–Crippen LogP) is 4.92. The Balaban J connectivity index is 1.83. The van der Waals surface area contributed by atoms with Gasteiger partial charge in [-0.05, 0) is 53.6 Å². The molecule has 0 saturated heterocycles. The summed E-state index contributed by atoms with van der Waals surface area (Å²) in [5, 5.41) is 22.4. The molecule has 138 valence electrons. The maximum atomic E-state index is 10.0. The van der Waals surface area contributed by atoms with E-state index in [-0.39, 0.29) is 0 Å². The van der Waals surface area contributed by atoms with Crippen LogP contribution in [0.5, 0.6) is 0 Å². The molecule has 0 amide bonds. The summed E-state index contributed by atoms with van der Waals surface area (Å²) < 4.78 is 2.15. The zero-order chi connectivity index (χ0) is 19.4. The van der Waals surface area contributed by atoms with Gasteiger partial charge in [-0.3, -0.25) is 0 Å². The first kappa shape index (κ1) is 17.7. The molecule has 0 radical (unpaired) electrons. The SMILES string of the molecule is Cc1ccc(-c2ccc3sc4c(B(O)O)cc5c(c4c3c2)C=CC(C)C5)cc1. The minimum atomic E-state index is -1.46. The average Bonchev–Trinajstić information content (AvgIpc) is 3.06. The molecule has 0 aliphatic heterocycles. The molecule has 1 atom stereocenters. The molecule has 4 aromatic rings. The van der Waals surface area contributed by atoms with Crippen LogP contribution in [0, 0.1) is 12.8 Å². The number of allylic oxidation sites excluding steroid dienone is 1. The summed E-state index contributed by atoms with van der Waals surface area (Å²) in [6.45, 7) is 4.29. The predicted molar refractivity (Wildman–Crippen MR) is 121 cm³/mol. The summed E-state index contributed by atoms with van der Waals surface area (Å²) in [6, 6.07) is 17.1. The minimum Gasteiger partial charge on any atom is -0.423 e. The lowest BCUT2D eigenvalue weighted by Gasteiger charge is -2.19. The second-order valence-electron chi connectivity index (χ2n) is 7.84. The molecule has 28 heavy (non-hydrogen) atoms. The average molecular weight is 384 g/mol. The Morgan fingerprint density at radius 1 is 1.00 bits per heavy atom. The van der Waals surface area contributed by atoms with Crippen LogP contribution in [0.4, 0.5) is 0 Å². The van der Waals surface area contributed by atoms with Crippen LogP contribution in [0.2, 0.25) is 0 Å². The van der Waals surface area contributed by atoms with Gasteiger partial charge < -0.3 is 10.0 Å². The van der Waals surface area contributed by atoms with Gasteiger partial charge in [0.1, 0.15) is 0 Å². The van der Waals surface area contributed by atoms with Crippen LogP contribution >= 0.6 is 11.3 Å². The van der Waals surface area contributed by atoms with Crippen molar-refractivity contribution in [2.45, 2.75) is 20.3 Å². The van der Waals surface area contributed by atoms with E-state index < -0.39 is 7.12 Å². The van der Waals surface area contributed by atoms with Gasteiger partial charge in [-0.25, -0.2) is 0 Å². The molecule has 0 saturated carbocycles. The van der Waals surface area contributed by atoms with Gasteiger partial charge in [0, 0.05) is 25.6 Å². The molecule has 5 rings (SSSR count). The first-order valence-corrected chi connectivity index (χ1v) is 10.5. The van der Waals surface area contributed by atoms with Gasteiger partial charge in [-0.1, -0.05) is 61.0 Å². The molecule has 1 heterocycles. The molecule has 0 bridgehead atoms. The van der Waals surface area contributed by atoms with Gasteiger partial charge in [0.2, 0.25) is 0 Å². The van der Waals surface area contributed by atoms with E-state index in [4.69, 9.17) is 0 Å². The Labute approximate surface area is 168 Å². The summed E-state index contributed by atoms with van der Waals surface area (Å²) in [5.41, 5.74) is 6.68. The number of aryl methyl sites for hydroxylation is 1. The number of thiophene rings is 1. The zero-order valence-electron chi connectivity index (χ0n) is 15.9. The highest BCUT2D eigenvalue weighted by Gasteiger charge is 2.24. The topological polar surface area (TPSA) is 40.5 Å². The van der Waals surface area contributed by atoms with E-state index in [1.165, 1.54) is 37.9 Å². The smallest absolute Gasteiger partial charge is 0.423 e. The lowest BCUT2D eigenvalue weighted by atomic mass is 9.75. The van der Waals surface area contributed by atoms with Crippen molar-refractivity contribution in [2.75, 3.05) is 0 Å². The fourth-order valence-corrected chi connectivity index (χ4v) is 5.44. The first-order valence-electron chi connectivity index (χ1n) is 9.64. The summed E-state index contributed by atoms with van der Waals surface area (Å²) in [5.74, 6) is 0.460. The normalized spacial score (nSPS) is 15.9. The second-order valence-corrected chi connectivity index (χ2v) is 8.89. The summed E-state index contributed by atoms with van der Waals surface area (Å²) in [4.78, 5) is 0.